The molecule has 0 fully saturated rings. The average molecular weight is 670 g/mol. The van der Waals surface area contributed by atoms with Gasteiger partial charge in [0.1, 0.15) is 5.82 Å². The lowest BCUT2D eigenvalue weighted by Gasteiger charge is -2.22. The van der Waals surface area contributed by atoms with E-state index in [1.807, 2.05) is 91.0 Å². The number of aromatic nitrogens is 7. The van der Waals surface area contributed by atoms with Gasteiger partial charge in [0.2, 0.25) is 0 Å². The summed E-state index contributed by atoms with van der Waals surface area (Å²) in [6.07, 6.45) is 0. The minimum atomic E-state index is -0.139. The lowest BCUT2D eigenvalue weighted by molar-refractivity contribution is 0.660. The third-order valence-electron chi connectivity index (χ3n) is 10.2. The van der Waals surface area contributed by atoms with Crippen LogP contribution in [0.1, 0.15) is 25.0 Å². The first-order valence-corrected chi connectivity index (χ1v) is 17.4. The van der Waals surface area contributed by atoms with Crippen molar-refractivity contribution in [2.45, 2.75) is 19.3 Å². The van der Waals surface area contributed by atoms with Crippen LogP contribution in [0.4, 0.5) is 0 Å². The summed E-state index contributed by atoms with van der Waals surface area (Å²) >= 11 is 0. The van der Waals surface area contributed by atoms with Crippen molar-refractivity contribution in [2.24, 2.45) is 0 Å². The second kappa shape index (κ2) is 11.6. The van der Waals surface area contributed by atoms with Crippen LogP contribution < -0.4 is 0 Å². The molecule has 7 nitrogen and oxygen atoms in total. The van der Waals surface area contributed by atoms with E-state index in [-0.39, 0.29) is 5.41 Å². The molecule has 0 aliphatic heterocycles. The summed E-state index contributed by atoms with van der Waals surface area (Å²) in [5.41, 5.74) is 11.3. The van der Waals surface area contributed by atoms with Gasteiger partial charge in [0.05, 0.1) is 5.52 Å². The summed E-state index contributed by atoms with van der Waals surface area (Å²) < 4.78 is 2.10. The van der Waals surface area contributed by atoms with Crippen LogP contribution in [0.3, 0.4) is 0 Å². The highest BCUT2D eigenvalue weighted by molar-refractivity contribution is 5.94. The summed E-state index contributed by atoms with van der Waals surface area (Å²) in [4.78, 5) is 19.9. The molecular formula is C45H31N7. The molecule has 52 heavy (non-hydrogen) atoms. The topological polar surface area (TPSA) is 81.8 Å². The molecule has 0 atom stereocenters. The van der Waals surface area contributed by atoms with Crippen LogP contribution in [0, 0.1) is 0 Å². The Morgan fingerprint density at radius 3 is 1.65 bits per heavy atom. The van der Waals surface area contributed by atoms with Gasteiger partial charge < -0.3 is 0 Å². The van der Waals surface area contributed by atoms with Crippen molar-refractivity contribution in [1.29, 1.82) is 0 Å². The van der Waals surface area contributed by atoms with Gasteiger partial charge in [0.25, 0.3) is 0 Å². The molecule has 6 aromatic carbocycles. The zero-order valence-electron chi connectivity index (χ0n) is 28.6. The van der Waals surface area contributed by atoms with Gasteiger partial charge in [0.15, 0.2) is 28.9 Å². The first-order valence-electron chi connectivity index (χ1n) is 17.4. The van der Waals surface area contributed by atoms with Gasteiger partial charge in [-0.05, 0) is 40.5 Å². The van der Waals surface area contributed by atoms with Crippen molar-refractivity contribution in [3.05, 3.63) is 163 Å². The van der Waals surface area contributed by atoms with E-state index in [4.69, 9.17) is 30.1 Å². The maximum absolute atomic E-state index is 5.25. The molecular weight excluding hydrogens is 639 g/mol. The van der Waals surface area contributed by atoms with Crippen molar-refractivity contribution < 1.29 is 0 Å². The summed E-state index contributed by atoms with van der Waals surface area (Å²) in [6, 6.07) is 51.8. The second-order valence-electron chi connectivity index (χ2n) is 13.7. The molecule has 1 aliphatic carbocycles. The van der Waals surface area contributed by atoms with E-state index in [1.165, 1.54) is 22.3 Å². The van der Waals surface area contributed by atoms with E-state index in [0.29, 0.717) is 23.3 Å². The molecule has 3 aromatic heterocycles. The Bertz CT molecular complexity index is 2750. The lowest BCUT2D eigenvalue weighted by atomic mass is 9.82. The molecule has 0 saturated heterocycles. The normalized spacial score (nSPS) is 13.0. The van der Waals surface area contributed by atoms with Gasteiger partial charge in [-0.2, -0.15) is 0 Å². The quantitative estimate of drug-likeness (QED) is 0.181. The van der Waals surface area contributed by atoms with E-state index in [0.717, 1.165) is 50.2 Å². The molecule has 9 aromatic rings. The number of hydrogen-bond donors (Lipinski definition) is 0. The molecule has 0 N–H and O–H groups in total. The molecule has 246 valence electrons. The predicted molar refractivity (Wildman–Crippen MR) is 206 cm³/mol. The molecule has 0 saturated carbocycles. The fourth-order valence-corrected chi connectivity index (χ4v) is 7.51. The molecule has 0 bridgehead atoms. The van der Waals surface area contributed by atoms with Crippen LogP contribution in [0.25, 0.3) is 84.6 Å². The second-order valence-corrected chi connectivity index (χ2v) is 13.7. The Labute approximate surface area is 300 Å². The Hall–Kier alpha value is -6.86. The van der Waals surface area contributed by atoms with Crippen LogP contribution in [-0.4, -0.2) is 34.5 Å². The number of fused-ring (bicyclic) bond motifs is 6. The molecule has 0 unspecified atom stereocenters. The Balaban J connectivity index is 1.11. The lowest BCUT2D eigenvalue weighted by Crippen LogP contribution is -2.15. The van der Waals surface area contributed by atoms with Crippen molar-refractivity contribution in [3.8, 4) is 68.1 Å². The Morgan fingerprint density at radius 2 is 0.962 bits per heavy atom. The van der Waals surface area contributed by atoms with Crippen molar-refractivity contribution in [2.75, 3.05) is 0 Å². The monoisotopic (exact) mass is 669 g/mol. The first kappa shape index (κ1) is 30.0. The van der Waals surface area contributed by atoms with E-state index < -0.39 is 0 Å². The first-order chi connectivity index (χ1) is 25.5. The Kier molecular flexibility index (Phi) is 6.70. The average Bonchev–Trinajstić information content (AvgIpc) is 3.75. The Morgan fingerprint density at radius 1 is 0.423 bits per heavy atom. The van der Waals surface area contributed by atoms with Gasteiger partial charge in [-0.15, -0.1) is 10.2 Å². The maximum atomic E-state index is 5.25. The maximum Gasteiger partial charge on any atom is 0.172 e. The highest BCUT2D eigenvalue weighted by Gasteiger charge is 2.35. The van der Waals surface area contributed by atoms with E-state index in [2.05, 4.69) is 78.9 Å². The summed E-state index contributed by atoms with van der Waals surface area (Å²) in [5.74, 6) is 3.36. The molecule has 7 heteroatoms. The standard InChI is InChI=1S/C45H31N7/c1-45(2)36-19-11-9-17-33(36)34-26-25-32(27-37(34)45)42-46-38-20-12-10-18-35(38)44-51-50-43(52(42)44)31-23-21-30(22-24-31)41-48-39(28-13-5-3-6-14-28)47-40(49-41)29-15-7-4-8-16-29/h3-27H,1-2H3. The van der Waals surface area contributed by atoms with E-state index in [9.17, 15) is 0 Å². The van der Waals surface area contributed by atoms with Crippen LogP contribution in [0.2, 0.25) is 0 Å². The number of benzene rings is 6. The largest absolute Gasteiger partial charge is 0.258 e. The number of hydrogen-bond acceptors (Lipinski definition) is 6. The highest BCUT2D eigenvalue weighted by Crippen LogP contribution is 2.49. The molecule has 0 amide bonds. The van der Waals surface area contributed by atoms with E-state index >= 15 is 0 Å². The fraction of sp³-hybridized carbons (Fsp3) is 0.0667. The molecule has 3 heterocycles. The third-order valence-corrected chi connectivity index (χ3v) is 10.2. The minimum absolute atomic E-state index is 0.139. The van der Waals surface area contributed by atoms with Crippen LogP contribution in [-0.2, 0) is 5.41 Å². The molecule has 10 rings (SSSR count). The number of rotatable bonds is 5. The fourth-order valence-electron chi connectivity index (χ4n) is 7.51. The van der Waals surface area contributed by atoms with Crippen LogP contribution >= 0.6 is 0 Å². The smallest absolute Gasteiger partial charge is 0.172 e. The molecule has 0 spiro atoms. The van der Waals surface area contributed by atoms with Crippen molar-refractivity contribution in [1.82, 2.24) is 34.5 Å². The minimum Gasteiger partial charge on any atom is -0.258 e. The summed E-state index contributed by atoms with van der Waals surface area (Å²) in [6.45, 7) is 4.60. The SMILES string of the molecule is CC1(C)c2ccccc2-c2ccc(-c3nc4ccccc4c4nnc(-c5ccc(-c6nc(-c7ccccc7)nc(-c7ccccc7)n6)cc5)n34)cc21. The van der Waals surface area contributed by atoms with Gasteiger partial charge in [-0.3, -0.25) is 4.40 Å². The van der Waals surface area contributed by atoms with Crippen molar-refractivity contribution in [3.63, 3.8) is 0 Å². The van der Waals surface area contributed by atoms with Gasteiger partial charge in [-0.25, -0.2) is 19.9 Å². The van der Waals surface area contributed by atoms with E-state index in [1.54, 1.807) is 0 Å². The van der Waals surface area contributed by atoms with Gasteiger partial charge in [0, 0.05) is 38.6 Å². The van der Waals surface area contributed by atoms with Gasteiger partial charge in [-0.1, -0.05) is 147 Å². The molecule has 1 aliphatic rings. The number of nitrogens with zero attached hydrogens (tertiary/aromatic N) is 7. The zero-order valence-corrected chi connectivity index (χ0v) is 28.6. The van der Waals surface area contributed by atoms with Crippen molar-refractivity contribution >= 4 is 16.6 Å². The van der Waals surface area contributed by atoms with Crippen LogP contribution in [0.15, 0.2) is 152 Å². The zero-order chi connectivity index (χ0) is 34.8. The van der Waals surface area contributed by atoms with Crippen LogP contribution in [0.5, 0.6) is 0 Å². The molecule has 0 radical (unpaired) electrons. The summed E-state index contributed by atoms with van der Waals surface area (Å²) in [5, 5.41) is 10.5. The van der Waals surface area contributed by atoms with Gasteiger partial charge >= 0.3 is 0 Å². The third kappa shape index (κ3) is 4.74. The number of para-hydroxylation sites is 1. The predicted octanol–water partition coefficient (Wildman–Crippen LogP) is 10.1. The highest BCUT2D eigenvalue weighted by atomic mass is 15.3. The summed E-state index contributed by atoms with van der Waals surface area (Å²) in [7, 11) is 0.